The lowest BCUT2D eigenvalue weighted by Gasteiger charge is -2.09. The molecule has 0 aromatic heterocycles. The summed E-state index contributed by atoms with van der Waals surface area (Å²) in [7, 11) is 1.56. The van der Waals surface area contributed by atoms with Gasteiger partial charge in [0.25, 0.3) is 5.91 Å². The smallest absolute Gasteiger partial charge is 0.344 e. The molecule has 1 N–H and O–H groups in total. The van der Waals surface area contributed by atoms with Crippen LogP contribution < -0.4 is 14.8 Å². The van der Waals surface area contributed by atoms with Crippen molar-refractivity contribution in [1.29, 1.82) is 5.26 Å². The minimum absolute atomic E-state index is 0.287. The van der Waals surface area contributed by atoms with E-state index in [0.717, 1.165) is 5.56 Å². The average molecular weight is 354 g/mol. The zero-order valence-corrected chi connectivity index (χ0v) is 14.2. The molecule has 0 saturated heterocycles. The van der Waals surface area contributed by atoms with E-state index in [1.54, 1.807) is 43.5 Å². The van der Waals surface area contributed by atoms with E-state index in [4.69, 9.17) is 19.5 Å². The first-order valence-corrected chi connectivity index (χ1v) is 7.79. The monoisotopic (exact) mass is 354 g/mol. The molecule has 7 nitrogen and oxygen atoms in total. The molecule has 2 aromatic rings. The van der Waals surface area contributed by atoms with Gasteiger partial charge in [-0.15, -0.1) is 0 Å². The summed E-state index contributed by atoms with van der Waals surface area (Å²) >= 11 is 0. The van der Waals surface area contributed by atoms with Crippen LogP contribution >= 0.6 is 0 Å². The lowest BCUT2D eigenvalue weighted by Crippen LogP contribution is -2.29. The summed E-state index contributed by atoms with van der Waals surface area (Å²) in [5.74, 6) is -0.153. The SMILES string of the molecule is COc1cccc(CNC(=O)COC(=O)COc2ccccc2C#N)c1. The van der Waals surface area contributed by atoms with Crippen molar-refractivity contribution in [1.82, 2.24) is 5.32 Å². The number of esters is 1. The summed E-state index contributed by atoms with van der Waals surface area (Å²) in [6.07, 6.45) is 0. The third kappa shape index (κ3) is 5.83. The molecule has 7 heteroatoms. The van der Waals surface area contributed by atoms with E-state index in [0.29, 0.717) is 17.9 Å². The molecule has 0 bridgehead atoms. The first kappa shape index (κ1) is 18.8. The number of benzene rings is 2. The Labute approximate surface area is 151 Å². The maximum Gasteiger partial charge on any atom is 0.344 e. The van der Waals surface area contributed by atoms with Crippen LogP contribution in [0.4, 0.5) is 0 Å². The molecule has 0 atom stereocenters. The van der Waals surface area contributed by atoms with Crippen LogP contribution in [-0.2, 0) is 20.9 Å². The van der Waals surface area contributed by atoms with Gasteiger partial charge in [-0.1, -0.05) is 24.3 Å². The van der Waals surface area contributed by atoms with Crippen molar-refractivity contribution >= 4 is 11.9 Å². The van der Waals surface area contributed by atoms with Crippen LogP contribution in [0.25, 0.3) is 0 Å². The number of nitrogens with one attached hydrogen (secondary N) is 1. The molecule has 1 amide bonds. The van der Waals surface area contributed by atoms with Gasteiger partial charge < -0.3 is 19.5 Å². The fourth-order valence-electron chi connectivity index (χ4n) is 2.04. The Morgan fingerprint density at radius 3 is 2.69 bits per heavy atom. The highest BCUT2D eigenvalue weighted by molar-refractivity contribution is 5.80. The Morgan fingerprint density at radius 1 is 1.12 bits per heavy atom. The van der Waals surface area contributed by atoms with Crippen molar-refractivity contribution < 1.29 is 23.8 Å². The lowest BCUT2D eigenvalue weighted by molar-refractivity contribution is -0.150. The van der Waals surface area contributed by atoms with Crippen LogP contribution in [0.2, 0.25) is 0 Å². The normalized spacial score (nSPS) is 9.69. The Morgan fingerprint density at radius 2 is 1.92 bits per heavy atom. The average Bonchev–Trinajstić information content (AvgIpc) is 2.69. The number of nitriles is 1. The zero-order chi connectivity index (χ0) is 18.8. The van der Waals surface area contributed by atoms with E-state index in [9.17, 15) is 9.59 Å². The minimum Gasteiger partial charge on any atom is -0.497 e. The highest BCUT2D eigenvalue weighted by Crippen LogP contribution is 2.16. The number of carbonyl (C=O) groups excluding carboxylic acids is 2. The quantitative estimate of drug-likeness (QED) is 0.726. The molecule has 0 heterocycles. The van der Waals surface area contributed by atoms with Crippen molar-refractivity contribution in [3.8, 4) is 17.6 Å². The molecular formula is C19H18N2O5. The molecule has 0 aliphatic rings. The molecule has 0 unspecified atom stereocenters. The van der Waals surface area contributed by atoms with Gasteiger partial charge in [0.15, 0.2) is 13.2 Å². The first-order chi connectivity index (χ1) is 12.6. The van der Waals surface area contributed by atoms with Crippen molar-refractivity contribution in [3.05, 3.63) is 59.7 Å². The van der Waals surface area contributed by atoms with Gasteiger partial charge in [-0.25, -0.2) is 4.79 Å². The van der Waals surface area contributed by atoms with E-state index < -0.39 is 18.5 Å². The Balaban J connectivity index is 1.71. The second kappa shape index (κ2) is 9.69. The van der Waals surface area contributed by atoms with Gasteiger partial charge in [0.1, 0.15) is 17.6 Å². The molecule has 26 heavy (non-hydrogen) atoms. The van der Waals surface area contributed by atoms with Gasteiger partial charge in [-0.2, -0.15) is 5.26 Å². The second-order valence-electron chi connectivity index (χ2n) is 5.19. The topological polar surface area (TPSA) is 97.7 Å². The molecule has 0 aliphatic heterocycles. The molecule has 0 saturated carbocycles. The number of nitrogens with zero attached hydrogens (tertiary/aromatic N) is 1. The van der Waals surface area contributed by atoms with Crippen LogP contribution in [0.3, 0.4) is 0 Å². The van der Waals surface area contributed by atoms with E-state index >= 15 is 0 Å². The molecule has 0 spiro atoms. The Bertz CT molecular complexity index is 814. The van der Waals surface area contributed by atoms with Gasteiger partial charge in [-0.3, -0.25) is 4.79 Å². The maximum atomic E-state index is 11.7. The fraction of sp³-hybridized carbons (Fsp3) is 0.211. The number of amides is 1. The number of methoxy groups -OCH3 is 1. The molecule has 0 fully saturated rings. The van der Waals surface area contributed by atoms with Crippen LogP contribution in [0.5, 0.6) is 11.5 Å². The van der Waals surface area contributed by atoms with Crippen molar-refractivity contribution in [2.75, 3.05) is 20.3 Å². The zero-order valence-electron chi connectivity index (χ0n) is 14.2. The third-order valence-corrected chi connectivity index (χ3v) is 3.34. The summed E-state index contributed by atoms with van der Waals surface area (Å²) in [5, 5.41) is 11.6. The predicted molar refractivity (Wildman–Crippen MR) is 92.5 cm³/mol. The second-order valence-corrected chi connectivity index (χ2v) is 5.19. The standard InChI is InChI=1S/C19H18N2O5/c1-24-16-7-4-5-14(9-16)11-21-18(22)12-26-19(23)13-25-17-8-3-2-6-15(17)10-20/h2-9H,11-13H2,1H3,(H,21,22). The Hall–Kier alpha value is -3.53. The van der Waals surface area contributed by atoms with E-state index in [1.165, 1.54) is 0 Å². The number of ether oxygens (including phenoxy) is 3. The highest BCUT2D eigenvalue weighted by atomic mass is 16.6. The van der Waals surface area contributed by atoms with Crippen LogP contribution in [-0.4, -0.2) is 32.2 Å². The highest BCUT2D eigenvalue weighted by Gasteiger charge is 2.10. The van der Waals surface area contributed by atoms with Gasteiger partial charge >= 0.3 is 5.97 Å². The minimum atomic E-state index is -0.700. The number of para-hydroxylation sites is 1. The van der Waals surface area contributed by atoms with Crippen LogP contribution in [0, 0.1) is 11.3 Å². The number of rotatable bonds is 8. The molecule has 0 radical (unpaired) electrons. The van der Waals surface area contributed by atoms with Crippen molar-refractivity contribution in [3.63, 3.8) is 0 Å². The summed E-state index contributed by atoms with van der Waals surface area (Å²) in [5.41, 5.74) is 1.18. The lowest BCUT2D eigenvalue weighted by atomic mass is 10.2. The summed E-state index contributed by atoms with van der Waals surface area (Å²) in [6.45, 7) is -0.506. The fourth-order valence-corrected chi connectivity index (χ4v) is 2.04. The summed E-state index contributed by atoms with van der Waals surface area (Å²) in [4.78, 5) is 23.4. The van der Waals surface area contributed by atoms with Crippen molar-refractivity contribution in [2.24, 2.45) is 0 Å². The van der Waals surface area contributed by atoms with Crippen LogP contribution in [0.1, 0.15) is 11.1 Å². The molecule has 134 valence electrons. The largest absolute Gasteiger partial charge is 0.497 e. The third-order valence-electron chi connectivity index (χ3n) is 3.34. The van der Waals surface area contributed by atoms with Gasteiger partial charge in [0.2, 0.25) is 0 Å². The first-order valence-electron chi connectivity index (χ1n) is 7.79. The number of hydrogen-bond acceptors (Lipinski definition) is 6. The summed E-state index contributed by atoms with van der Waals surface area (Å²) < 4.78 is 15.2. The number of hydrogen-bond donors (Lipinski definition) is 1. The van der Waals surface area contributed by atoms with E-state index in [2.05, 4.69) is 5.32 Å². The van der Waals surface area contributed by atoms with Crippen LogP contribution in [0.15, 0.2) is 48.5 Å². The summed E-state index contributed by atoms with van der Waals surface area (Å²) in [6, 6.07) is 15.8. The van der Waals surface area contributed by atoms with Gasteiger partial charge in [0, 0.05) is 6.54 Å². The van der Waals surface area contributed by atoms with Gasteiger partial charge in [0.05, 0.1) is 12.7 Å². The van der Waals surface area contributed by atoms with Gasteiger partial charge in [-0.05, 0) is 29.8 Å². The molecule has 2 aromatic carbocycles. The number of carbonyl (C=O) groups is 2. The molecule has 0 aliphatic carbocycles. The maximum absolute atomic E-state index is 11.7. The van der Waals surface area contributed by atoms with E-state index in [1.807, 2.05) is 18.2 Å². The predicted octanol–water partition coefficient (Wildman–Crippen LogP) is 1.81. The van der Waals surface area contributed by atoms with Crippen molar-refractivity contribution in [2.45, 2.75) is 6.54 Å². The molecular weight excluding hydrogens is 336 g/mol. The molecule has 2 rings (SSSR count). The van der Waals surface area contributed by atoms with E-state index in [-0.39, 0.29) is 12.4 Å². The Kier molecular flexibility index (Phi) is 7.01.